The van der Waals surface area contributed by atoms with E-state index >= 15 is 0 Å². The standard InChI is InChI=1S/C19H19F3N2O4/c1-18(2,3)28-17(26)23-13-10-8-12(9-11-13)16(25)24-14-6-4-5-7-15(14)27-19(20,21)22/h4-11H,1-3H3,(H,23,26)(H,24,25). The normalized spacial score (nSPS) is 11.5. The molecule has 0 atom stereocenters. The first-order valence-corrected chi connectivity index (χ1v) is 8.19. The molecule has 0 heterocycles. The largest absolute Gasteiger partial charge is 0.573 e. The molecule has 0 saturated carbocycles. The fraction of sp³-hybridized carbons (Fsp3) is 0.263. The predicted octanol–water partition coefficient (Wildman–Crippen LogP) is 5.18. The van der Waals surface area contributed by atoms with E-state index in [1.54, 1.807) is 20.8 Å². The molecule has 0 spiro atoms. The van der Waals surface area contributed by atoms with Gasteiger partial charge in [0.05, 0.1) is 5.69 Å². The van der Waals surface area contributed by atoms with Crippen molar-refractivity contribution >= 4 is 23.4 Å². The summed E-state index contributed by atoms with van der Waals surface area (Å²) in [4.78, 5) is 24.0. The SMILES string of the molecule is CC(C)(C)OC(=O)Nc1ccc(C(=O)Nc2ccccc2OC(F)(F)F)cc1. The number of nitrogens with one attached hydrogen (secondary N) is 2. The minimum Gasteiger partial charge on any atom is -0.444 e. The molecule has 0 saturated heterocycles. The van der Waals surface area contributed by atoms with Gasteiger partial charge in [0.15, 0.2) is 5.75 Å². The Hall–Kier alpha value is -3.23. The summed E-state index contributed by atoms with van der Waals surface area (Å²) in [6, 6.07) is 11.0. The van der Waals surface area contributed by atoms with E-state index in [-0.39, 0.29) is 11.3 Å². The molecule has 28 heavy (non-hydrogen) atoms. The average molecular weight is 396 g/mol. The number of ether oxygens (including phenoxy) is 2. The molecule has 0 fully saturated rings. The summed E-state index contributed by atoms with van der Waals surface area (Å²) in [5, 5.41) is 4.88. The molecule has 6 nitrogen and oxygen atoms in total. The molecule has 0 aliphatic heterocycles. The van der Waals surface area contributed by atoms with Crippen LogP contribution in [0.4, 0.5) is 29.3 Å². The zero-order valence-corrected chi connectivity index (χ0v) is 15.4. The van der Waals surface area contributed by atoms with E-state index in [0.717, 1.165) is 6.07 Å². The Labute approximate surface area is 159 Å². The van der Waals surface area contributed by atoms with Gasteiger partial charge in [-0.15, -0.1) is 13.2 Å². The highest BCUT2D eigenvalue weighted by atomic mass is 19.4. The lowest BCUT2D eigenvalue weighted by atomic mass is 10.2. The fourth-order valence-electron chi connectivity index (χ4n) is 2.10. The van der Waals surface area contributed by atoms with Crippen LogP contribution in [0.1, 0.15) is 31.1 Å². The van der Waals surface area contributed by atoms with Crippen LogP contribution in [0.2, 0.25) is 0 Å². The monoisotopic (exact) mass is 396 g/mol. The van der Waals surface area contributed by atoms with E-state index in [1.807, 2.05) is 0 Å². The Morgan fingerprint density at radius 1 is 0.893 bits per heavy atom. The van der Waals surface area contributed by atoms with Crippen molar-refractivity contribution in [3.8, 4) is 5.75 Å². The lowest BCUT2D eigenvalue weighted by molar-refractivity contribution is -0.274. The van der Waals surface area contributed by atoms with Crippen LogP contribution in [-0.2, 0) is 4.74 Å². The molecule has 0 aliphatic rings. The first-order chi connectivity index (χ1) is 12.9. The van der Waals surface area contributed by atoms with Crippen LogP contribution in [0.5, 0.6) is 5.75 Å². The number of alkyl halides is 3. The van der Waals surface area contributed by atoms with Gasteiger partial charge in [-0.3, -0.25) is 10.1 Å². The maximum absolute atomic E-state index is 12.5. The molecule has 2 rings (SSSR count). The second kappa shape index (κ2) is 8.20. The molecule has 2 N–H and O–H groups in total. The highest BCUT2D eigenvalue weighted by Crippen LogP contribution is 2.30. The minimum atomic E-state index is -4.88. The molecule has 9 heteroatoms. The summed E-state index contributed by atoms with van der Waals surface area (Å²) < 4.78 is 46.4. The number of carbonyl (C=O) groups is 2. The maximum Gasteiger partial charge on any atom is 0.573 e. The van der Waals surface area contributed by atoms with Crippen molar-refractivity contribution in [1.29, 1.82) is 0 Å². The van der Waals surface area contributed by atoms with Crippen LogP contribution in [0.25, 0.3) is 0 Å². The van der Waals surface area contributed by atoms with Gasteiger partial charge in [0.25, 0.3) is 5.91 Å². The van der Waals surface area contributed by atoms with Crippen LogP contribution in [0.3, 0.4) is 0 Å². The number of rotatable bonds is 4. The van der Waals surface area contributed by atoms with Crippen molar-refractivity contribution in [3.63, 3.8) is 0 Å². The number of para-hydroxylation sites is 2. The molecule has 2 amide bonds. The molecular weight excluding hydrogens is 377 g/mol. The molecule has 2 aromatic rings. The van der Waals surface area contributed by atoms with E-state index in [4.69, 9.17) is 4.74 Å². The summed E-state index contributed by atoms with van der Waals surface area (Å²) in [6.45, 7) is 5.17. The van der Waals surface area contributed by atoms with Gasteiger partial charge >= 0.3 is 12.5 Å². The zero-order chi connectivity index (χ0) is 20.9. The van der Waals surface area contributed by atoms with Crippen molar-refractivity contribution in [3.05, 3.63) is 54.1 Å². The predicted molar refractivity (Wildman–Crippen MR) is 97.4 cm³/mol. The third kappa shape index (κ3) is 6.82. The number of anilines is 2. The van der Waals surface area contributed by atoms with Gasteiger partial charge < -0.3 is 14.8 Å². The number of hydrogen-bond acceptors (Lipinski definition) is 4. The van der Waals surface area contributed by atoms with Gasteiger partial charge in [-0.2, -0.15) is 0 Å². The van der Waals surface area contributed by atoms with Gasteiger partial charge in [-0.05, 0) is 57.2 Å². The Morgan fingerprint density at radius 2 is 1.50 bits per heavy atom. The van der Waals surface area contributed by atoms with Crippen molar-refractivity contribution in [1.82, 2.24) is 0 Å². The maximum atomic E-state index is 12.5. The summed E-state index contributed by atoms with van der Waals surface area (Å²) in [5.41, 5.74) is -0.209. The van der Waals surface area contributed by atoms with Crippen molar-refractivity contribution in [2.75, 3.05) is 10.6 Å². The van der Waals surface area contributed by atoms with Crippen LogP contribution in [0, 0.1) is 0 Å². The minimum absolute atomic E-state index is 0.124. The Morgan fingerprint density at radius 3 is 2.07 bits per heavy atom. The van der Waals surface area contributed by atoms with Gasteiger partial charge in [0.2, 0.25) is 0 Å². The number of benzene rings is 2. The zero-order valence-electron chi connectivity index (χ0n) is 15.4. The second-order valence-corrected chi connectivity index (χ2v) is 6.70. The molecular formula is C19H19F3N2O4. The summed E-state index contributed by atoms with van der Waals surface area (Å²) >= 11 is 0. The van der Waals surface area contributed by atoms with E-state index in [9.17, 15) is 22.8 Å². The van der Waals surface area contributed by atoms with Crippen molar-refractivity contribution < 1.29 is 32.2 Å². The third-order valence-electron chi connectivity index (χ3n) is 3.15. The Bertz CT molecular complexity index is 843. The molecule has 0 aromatic heterocycles. The summed E-state index contributed by atoms with van der Waals surface area (Å²) in [6.07, 6.45) is -5.53. The quantitative estimate of drug-likeness (QED) is 0.746. The highest BCUT2D eigenvalue weighted by molar-refractivity contribution is 6.05. The lowest BCUT2D eigenvalue weighted by Gasteiger charge is -2.19. The van der Waals surface area contributed by atoms with Crippen molar-refractivity contribution in [2.24, 2.45) is 0 Å². The fourth-order valence-corrected chi connectivity index (χ4v) is 2.10. The molecule has 0 bridgehead atoms. The number of hydrogen-bond donors (Lipinski definition) is 2. The van der Waals surface area contributed by atoms with Gasteiger partial charge in [-0.25, -0.2) is 4.79 Å². The topological polar surface area (TPSA) is 76.7 Å². The number of carbonyl (C=O) groups excluding carboxylic acids is 2. The Balaban J connectivity index is 2.05. The smallest absolute Gasteiger partial charge is 0.444 e. The highest BCUT2D eigenvalue weighted by Gasteiger charge is 2.32. The van der Waals surface area contributed by atoms with Crippen LogP contribution >= 0.6 is 0 Å². The summed E-state index contributed by atoms with van der Waals surface area (Å²) in [5.74, 6) is -1.16. The van der Waals surface area contributed by atoms with E-state index in [0.29, 0.717) is 5.69 Å². The molecule has 2 aromatic carbocycles. The van der Waals surface area contributed by atoms with Gasteiger partial charge in [-0.1, -0.05) is 12.1 Å². The van der Waals surface area contributed by atoms with Crippen LogP contribution < -0.4 is 15.4 Å². The average Bonchev–Trinajstić information content (AvgIpc) is 2.54. The van der Waals surface area contributed by atoms with Gasteiger partial charge in [0, 0.05) is 11.3 Å². The van der Waals surface area contributed by atoms with E-state index in [1.165, 1.54) is 42.5 Å². The molecule has 0 radical (unpaired) electrons. The molecule has 0 unspecified atom stereocenters. The van der Waals surface area contributed by atoms with Crippen LogP contribution in [0.15, 0.2) is 48.5 Å². The number of amides is 2. The second-order valence-electron chi connectivity index (χ2n) is 6.70. The van der Waals surface area contributed by atoms with Crippen molar-refractivity contribution in [2.45, 2.75) is 32.7 Å². The lowest BCUT2D eigenvalue weighted by Crippen LogP contribution is -2.27. The summed E-state index contributed by atoms with van der Waals surface area (Å²) in [7, 11) is 0. The Kier molecular flexibility index (Phi) is 6.17. The first kappa shape index (κ1) is 21.1. The third-order valence-corrected chi connectivity index (χ3v) is 3.15. The number of halogens is 3. The molecule has 150 valence electrons. The van der Waals surface area contributed by atoms with E-state index < -0.39 is 29.7 Å². The molecule has 0 aliphatic carbocycles. The van der Waals surface area contributed by atoms with Crippen LogP contribution in [-0.4, -0.2) is 24.0 Å². The first-order valence-electron chi connectivity index (χ1n) is 8.19. The van der Waals surface area contributed by atoms with E-state index in [2.05, 4.69) is 15.4 Å². The van der Waals surface area contributed by atoms with Gasteiger partial charge in [0.1, 0.15) is 5.60 Å².